The maximum atomic E-state index is 12.2. The summed E-state index contributed by atoms with van der Waals surface area (Å²) in [5, 5.41) is 0. The topological polar surface area (TPSA) is 33.5 Å². The van der Waals surface area contributed by atoms with Gasteiger partial charge in [0.05, 0.1) is 5.56 Å². The standard InChI is InChI=1S/C13H18BrNO2/c1-9-3-5-11(6-4-9)15(2)13(16)10-7-12(14)17-8-10/h7-9,11H,3-6H2,1-2H3. The molecule has 1 heterocycles. The molecule has 17 heavy (non-hydrogen) atoms. The molecule has 3 nitrogen and oxygen atoms in total. The van der Waals surface area contributed by atoms with Crippen molar-refractivity contribution in [3.63, 3.8) is 0 Å². The average Bonchev–Trinajstić information content (AvgIpc) is 2.75. The van der Waals surface area contributed by atoms with E-state index in [1.807, 2.05) is 11.9 Å². The van der Waals surface area contributed by atoms with Crippen molar-refractivity contribution in [3.05, 3.63) is 22.6 Å². The highest BCUT2D eigenvalue weighted by Gasteiger charge is 2.26. The number of amides is 1. The number of hydrogen-bond donors (Lipinski definition) is 0. The van der Waals surface area contributed by atoms with Gasteiger partial charge in [-0.05, 0) is 47.5 Å². The van der Waals surface area contributed by atoms with Gasteiger partial charge >= 0.3 is 0 Å². The van der Waals surface area contributed by atoms with Crippen LogP contribution in [0.15, 0.2) is 21.4 Å². The van der Waals surface area contributed by atoms with E-state index < -0.39 is 0 Å². The van der Waals surface area contributed by atoms with E-state index in [4.69, 9.17) is 4.42 Å². The number of carbonyl (C=O) groups excluding carboxylic acids is 1. The molecule has 1 aromatic heterocycles. The number of hydrogen-bond acceptors (Lipinski definition) is 2. The van der Waals surface area contributed by atoms with Crippen LogP contribution in [-0.4, -0.2) is 23.9 Å². The molecule has 4 heteroatoms. The molecule has 0 bridgehead atoms. The molecule has 0 aliphatic heterocycles. The summed E-state index contributed by atoms with van der Waals surface area (Å²) in [6.07, 6.45) is 6.17. The third kappa shape index (κ3) is 2.92. The third-order valence-corrected chi connectivity index (χ3v) is 4.08. The highest BCUT2D eigenvalue weighted by atomic mass is 79.9. The largest absolute Gasteiger partial charge is 0.457 e. The lowest BCUT2D eigenvalue weighted by Crippen LogP contribution is -2.39. The van der Waals surface area contributed by atoms with Crippen LogP contribution in [0, 0.1) is 5.92 Å². The normalized spacial score (nSPS) is 24.6. The van der Waals surface area contributed by atoms with Gasteiger partial charge in [0.15, 0.2) is 4.67 Å². The molecule has 1 fully saturated rings. The van der Waals surface area contributed by atoms with Gasteiger partial charge in [-0.15, -0.1) is 0 Å². The lowest BCUT2D eigenvalue weighted by Gasteiger charge is -2.33. The van der Waals surface area contributed by atoms with Crippen LogP contribution in [0.2, 0.25) is 0 Å². The molecule has 0 atom stereocenters. The summed E-state index contributed by atoms with van der Waals surface area (Å²) >= 11 is 3.22. The van der Waals surface area contributed by atoms with Crippen LogP contribution in [0.3, 0.4) is 0 Å². The summed E-state index contributed by atoms with van der Waals surface area (Å²) < 4.78 is 5.71. The van der Waals surface area contributed by atoms with Gasteiger partial charge in [0, 0.05) is 19.2 Å². The molecule has 0 saturated heterocycles. The molecule has 0 spiro atoms. The highest BCUT2D eigenvalue weighted by Crippen LogP contribution is 2.27. The minimum atomic E-state index is 0.0546. The summed E-state index contributed by atoms with van der Waals surface area (Å²) in [6.45, 7) is 2.28. The molecule has 1 amide bonds. The Balaban J connectivity index is 2.00. The van der Waals surface area contributed by atoms with Crippen molar-refractivity contribution in [2.75, 3.05) is 7.05 Å². The van der Waals surface area contributed by atoms with Crippen molar-refractivity contribution in [3.8, 4) is 0 Å². The van der Waals surface area contributed by atoms with Crippen molar-refractivity contribution in [1.82, 2.24) is 4.90 Å². The fourth-order valence-corrected chi connectivity index (χ4v) is 2.76. The summed E-state index contributed by atoms with van der Waals surface area (Å²) in [4.78, 5) is 14.0. The lowest BCUT2D eigenvalue weighted by atomic mass is 9.86. The predicted octanol–water partition coefficient (Wildman–Crippen LogP) is 3.69. The van der Waals surface area contributed by atoms with Crippen LogP contribution in [0.4, 0.5) is 0 Å². The van der Waals surface area contributed by atoms with Gasteiger partial charge in [-0.2, -0.15) is 0 Å². The summed E-state index contributed by atoms with van der Waals surface area (Å²) in [5.41, 5.74) is 0.623. The Morgan fingerprint density at radius 1 is 1.41 bits per heavy atom. The smallest absolute Gasteiger partial charge is 0.257 e. The van der Waals surface area contributed by atoms with E-state index in [1.54, 1.807) is 6.07 Å². The predicted molar refractivity (Wildman–Crippen MR) is 69.9 cm³/mol. The van der Waals surface area contributed by atoms with E-state index in [0.717, 1.165) is 18.8 Å². The Kier molecular flexibility index (Phi) is 3.92. The van der Waals surface area contributed by atoms with Crippen LogP contribution in [0.1, 0.15) is 43.0 Å². The molecule has 0 N–H and O–H groups in total. The summed E-state index contributed by atoms with van der Waals surface area (Å²) in [6, 6.07) is 2.11. The molecule has 0 unspecified atom stereocenters. The SMILES string of the molecule is CC1CCC(N(C)C(=O)c2coc(Br)c2)CC1. The molecule has 1 aliphatic rings. The lowest BCUT2D eigenvalue weighted by molar-refractivity contribution is 0.0679. The molecule has 94 valence electrons. The van der Waals surface area contributed by atoms with Crippen LogP contribution < -0.4 is 0 Å². The zero-order chi connectivity index (χ0) is 12.4. The highest BCUT2D eigenvalue weighted by molar-refractivity contribution is 9.10. The van der Waals surface area contributed by atoms with Crippen molar-refractivity contribution in [1.29, 1.82) is 0 Å². The van der Waals surface area contributed by atoms with E-state index in [1.165, 1.54) is 19.1 Å². The van der Waals surface area contributed by atoms with Crippen LogP contribution >= 0.6 is 15.9 Å². The van der Waals surface area contributed by atoms with Crippen molar-refractivity contribution in [2.24, 2.45) is 5.92 Å². The maximum absolute atomic E-state index is 12.2. The van der Waals surface area contributed by atoms with Gasteiger partial charge in [0.25, 0.3) is 5.91 Å². The minimum absolute atomic E-state index is 0.0546. The second-order valence-electron chi connectivity index (χ2n) is 4.97. The summed E-state index contributed by atoms with van der Waals surface area (Å²) in [7, 11) is 1.89. The van der Waals surface area contributed by atoms with Gasteiger partial charge in [-0.3, -0.25) is 4.79 Å². The minimum Gasteiger partial charge on any atom is -0.457 e. The van der Waals surface area contributed by atoms with Crippen molar-refractivity contribution in [2.45, 2.75) is 38.6 Å². The van der Waals surface area contributed by atoms with Gasteiger partial charge < -0.3 is 9.32 Å². The number of carbonyl (C=O) groups is 1. The molecule has 2 rings (SSSR count). The van der Waals surface area contributed by atoms with Crippen molar-refractivity contribution < 1.29 is 9.21 Å². The fraction of sp³-hybridized carbons (Fsp3) is 0.615. The van der Waals surface area contributed by atoms with E-state index in [9.17, 15) is 4.79 Å². The Hall–Kier alpha value is -0.770. The number of rotatable bonds is 2. The molecular formula is C13H18BrNO2. The van der Waals surface area contributed by atoms with E-state index >= 15 is 0 Å². The fourth-order valence-electron chi connectivity index (χ4n) is 2.42. The molecule has 0 aromatic carbocycles. The Morgan fingerprint density at radius 2 is 2.06 bits per heavy atom. The zero-order valence-electron chi connectivity index (χ0n) is 10.3. The van der Waals surface area contributed by atoms with E-state index in [2.05, 4.69) is 22.9 Å². The molecule has 1 aliphatic carbocycles. The van der Waals surface area contributed by atoms with Crippen molar-refractivity contribution >= 4 is 21.8 Å². The summed E-state index contributed by atoms with van der Waals surface area (Å²) in [5.74, 6) is 0.858. The Labute approximate surface area is 110 Å². The zero-order valence-corrected chi connectivity index (χ0v) is 11.9. The van der Waals surface area contributed by atoms with Crippen LogP contribution in [0.5, 0.6) is 0 Å². The van der Waals surface area contributed by atoms with Gasteiger partial charge in [0.2, 0.25) is 0 Å². The first-order valence-corrected chi connectivity index (χ1v) is 6.88. The third-order valence-electron chi connectivity index (χ3n) is 3.67. The molecular weight excluding hydrogens is 282 g/mol. The number of halogens is 1. The second-order valence-corrected chi connectivity index (χ2v) is 5.75. The first-order valence-electron chi connectivity index (χ1n) is 6.09. The molecule has 1 aromatic rings. The van der Waals surface area contributed by atoms with Gasteiger partial charge in [-0.1, -0.05) is 6.92 Å². The Bertz CT molecular complexity index is 394. The monoisotopic (exact) mass is 299 g/mol. The molecule has 1 saturated carbocycles. The number of nitrogens with zero attached hydrogens (tertiary/aromatic N) is 1. The first-order chi connectivity index (χ1) is 8.08. The van der Waals surface area contributed by atoms with Gasteiger partial charge in [-0.25, -0.2) is 0 Å². The first kappa shape index (κ1) is 12.7. The maximum Gasteiger partial charge on any atom is 0.257 e. The number of furan rings is 1. The van der Waals surface area contributed by atoms with Gasteiger partial charge in [0.1, 0.15) is 6.26 Å². The Morgan fingerprint density at radius 3 is 2.59 bits per heavy atom. The average molecular weight is 300 g/mol. The van der Waals surface area contributed by atoms with E-state index in [-0.39, 0.29) is 5.91 Å². The van der Waals surface area contributed by atoms with E-state index in [0.29, 0.717) is 16.3 Å². The van der Waals surface area contributed by atoms with Crippen LogP contribution in [-0.2, 0) is 0 Å². The van der Waals surface area contributed by atoms with Crippen LogP contribution in [0.25, 0.3) is 0 Å². The quantitative estimate of drug-likeness (QED) is 0.834. The molecule has 0 radical (unpaired) electrons. The second kappa shape index (κ2) is 5.25.